The van der Waals surface area contributed by atoms with Crippen molar-refractivity contribution < 1.29 is 14.3 Å². The Balaban J connectivity index is 1.41. The van der Waals surface area contributed by atoms with Crippen molar-refractivity contribution in [2.45, 2.75) is 33.4 Å². The molecule has 2 unspecified atom stereocenters. The van der Waals surface area contributed by atoms with Crippen LogP contribution in [-0.2, 0) is 22.6 Å². The van der Waals surface area contributed by atoms with Gasteiger partial charge in [0.25, 0.3) is 0 Å². The van der Waals surface area contributed by atoms with Gasteiger partial charge in [0.05, 0.1) is 24.9 Å². The van der Waals surface area contributed by atoms with Gasteiger partial charge in [0.1, 0.15) is 0 Å². The summed E-state index contributed by atoms with van der Waals surface area (Å²) >= 11 is 0. The van der Waals surface area contributed by atoms with Crippen LogP contribution in [0.3, 0.4) is 0 Å². The van der Waals surface area contributed by atoms with Crippen LogP contribution in [0.4, 0.5) is 0 Å². The van der Waals surface area contributed by atoms with E-state index in [9.17, 15) is 9.59 Å². The predicted molar refractivity (Wildman–Crippen MR) is 95.5 cm³/mol. The Morgan fingerprint density at radius 3 is 2.88 bits per heavy atom. The van der Waals surface area contributed by atoms with E-state index in [1.807, 2.05) is 4.90 Å². The Morgan fingerprint density at radius 2 is 2.19 bits per heavy atom. The van der Waals surface area contributed by atoms with Crippen LogP contribution in [0.25, 0.3) is 0 Å². The third-order valence-corrected chi connectivity index (χ3v) is 5.26. The minimum absolute atomic E-state index is 0.308. The van der Waals surface area contributed by atoms with E-state index in [2.05, 4.69) is 30.2 Å². The number of hydrogen-bond acceptors (Lipinski definition) is 4. The van der Waals surface area contributed by atoms with E-state index in [-0.39, 0.29) is 5.97 Å². The summed E-state index contributed by atoms with van der Waals surface area (Å²) in [7, 11) is 0. The normalized spacial score (nSPS) is 21.0. The highest BCUT2D eigenvalue weighted by molar-refractivity contribution is 5.88. The quantitative estimate of drug-likeness (QED) is 0.748. The number of hydrogen-bond donors (Lipinski definition) is 0. The Labute approximate surface area is 152 Å². The SMILES string of the molecule is CCOC(=O)c1cnn(Cc2ccc(CN3CC4CC4C3=O)c(C)c2)c1. The van der Waals surface area contributed by atoms with Crippen LogP contribution in [-0.4, -0.2) is 39.7 Å². The lowest BCUT2D eigenvalue weighted by atomic mass is 10.0. The molecule has 4 rings (SSSR count). The summed E-state index contributed by atoms with van der Waals surface area (Å²) in [6.07, 6.45) is 4.32. The minimum atomic E-state index is -0.349. The number of rotatable bonds is 6. The summed E-state index contributed by atoms with van der Waals surface area (Å²) in [5.41, 5.74) is 3.94. The number of likely N-dealkylation sites (tertiary alicyclic amines) is 1. The average Bonchev–Trinajstić information content (AvgIpc) is 3.11. The molecule has 0 bridgehead atoms. The number of benzene rings is 1. The van der Waals surface area contributed by atoms with Crippen LogP contribution in [0.15, 0.2) is 30.6 Å². The zero-order valence-electron chi connectivity index (χ0n) is 15.1. The lowest BCUT2D eigenvalue weighted by molar-refractivity contribution is -0.130. The molecule has 6 heteroatoms. The van der Waals surface area contributed by atoms with E-state index in [4.69, 9.17) is 4.74 Å². The average molecular weight is 353 g/mol. The molecule has 0 radical (unpaired) electrons. The molecule has 2 aliphatic rings. The van der Waals surface area contributed by atoms with Crippen molar-refractivity contribution in [3.05, 3.63) is 52.8 Å². The van der Waals surface area contributed by atoms with Crippen molar-refractivity contribution in [1.82, 2.24) is 14.7 Å². The molecule has 2 heterocycles. The highest BCUT2D eigenvalue weighted by Crippen LogP contribution is 2.46. The number of ether oxygens (including phenoxy) is 1. The van der Waals surface area contributed by atoms with Crippen LogP contribution in [0.5, 0.6) is 0 Å². The molecule has 0 spiro atoms. The number of carbonyl (C=O) groups is 2. The maximum atomic E-state index is 12.2. The molecule has 1 aromatic heterocycles. The molecule has 1 aromatic carbocycles. The van der Waals surface area contributed by atoms with Gasteiger partial charge in [-0.15, -0.1) is 0 Å². The van der Waals surface area contributed by atoms with Gasteiger partial charge in [-0.1, -0.05) is 18.2 Å². The summed E-state index contributed by atoms with van der Waals surface area (Å²) in [6, 6.07) is 6.29. The fourth-order valence-electron chi connectivity index (χ4n) is 3.70. The molecule has 2 atom stereocenters. The Hall–Kier alpha value is -2.63. The first kappa shape index (κ1) is 16.8. The van der Waals surface area contributed by atoms with Crippen LogP contribution in [0, 0.1) is 18.8 Å². The molecule has 0 N–H and O–H groups in total. The lowest BCUT2D eigenvalue weighted by Crippen LogP contribution is -2.28. The van der Waals surface area contributed by atoms with E-state index < -0.39 is 0 Å². The molecule has 1 saturated carbocycles. The minimum Gasteiger partial charge on any atom is -0.462 e. The van der Waals surface area contributed by atoms with Gasteiger partial charge in [0.15, 0.2) is 0 Å². The van der Waals surface area contributed by atoms with Crippen molar-refractivity contribution in [2.75, 3.05) is 13.2 Å². The Morgan fingerprint density at radius 1 is 1.35 bits per heavy atom. The molecule has 26 heavy (non-hydrogen) atoms. The summed E-state index contributed by atoms with van der Waals surface area (Å²) in [6.45, 7) is 6.42. The van der Waals surface area contributed by atoms with Crippen molar-refractivity contribution >= 4 is 11.9 Å². The third kappa shape index (κ3) is 3.23. The molecule has 1 saturated heterocycles. The monoisotopic (exact) mass is 353 g/mol. The Bertz CT molecular complexity index is 858. The number of fused-ring (bicyclic) bond motifs is 1. The second kappa shape index (κ2) is 6.59. The van der Waals surface area contributed by atoms with E-state index in [1.165, 1.54) is 17.3 Å². The van der Waals surface area contributed by atoms with E-state index in [0.29, 0.717) is 43.0 Å². The van der Waals surface area contributed by atoms with Crippen LogP contribution >= 0.6 is 0 Å². The molecular weight excluding hydrogens is 330 g/mol. The van der Waals surface area contributed by atoms with Crippen LogP contribution in [0.2, 0.25) is 0 Å². The van der Waals surface area contributed by atoms with Crippen molar-refractivity contribution in [3.8, 4) is 0 Å². The predicted octanol–water partition coefficient (Wildman–Crippen LogP) is 2.39. The number of amides is 1. The van der Waals surface area contributed by atoms with E-state index >= 15 is 0 Å². The van der Waals surface area contributed by atoms with Gasteiger partial charge in [-0.3, -0.25) is 9.48 Å². The number of aryl methyl sites for hydroxylation is 1. The zero-order valence-corrected chi connectivity index (χ0v) is 15.1. The first-order chi connectivity index (χ1) is 12.5. The topological polar surface area (TPSA) is 64.4 Å². The maximum absolute atomic E-state index is 12.2. The van der Waals surface area contributed by atoms with E-state index in [0.717, 1.165) is 18.5 Å². The second-order valence-electron chi connectivity index (χ2n) is 7.23. The van der Waals surface area contributed by atoms with Crippen molar-refractivity contribution in [2.24, 2.45) is 11.8 Å². The standard InChI is InChI=1S/C20H23N3O3/c1-3-26-20(25)17-8-21-23(12-17)9-14-4-5-15(13(2)6-14)10-22-11-16-7-18(16)19(22)24/h4-6,8,12,16,18H,3,7,9-11H2,1-2H3. The summed E-state index contributed by atoms with van der Waals surface area (Å²) < 4.78 is 6.72. The molecule has 6 nitrogen and oxygen atoms in total. The highest BCUT2D eigenvalue weighted by atomic mass is 16.5. The number of nitrogens with zero attached hydrogens (tertiary/aromatic N) is 3. The van der Waals surface area contributed by atoms with Crippen LogP contribution < -0.4 is 0 Å². The summed E-state index contributed by atoms with van der Waals surface area (Å²) in [5.74, 6) is 0.888. The van der Waals surface area contributed by atoms with Crippen molar-refractivity contribution in [1.29, 1.82) is 0 Å². The second-order valence-corrected chi connectivity index (χ2v) is 7.23. The lowest BCUT2D eigenvalue weighted by Gasteiger charge is -2.20. The number of esters is 1. The Kier molecular flexibility index (Phi) is 4.26. The molecule has 1 amide bonds. The summed E-state index contributed by atoms with van der Waals surface area (Å²) in [5, 5.41) is 4.24. The molecular formula is C20H23N3O3. The molecule has 2 aromatic rings. The molecule has 1 aliphatic heterocycles. The zero-order chi connectivity index (χ0) is 18.3. The number of aromatic nitrogens is 2. The fraction of sp³-hybridized carbons (Fsp3) is 0.450. The third-order valence-electron chi connectivity index (χ3n) is 5.26. The van der Waals surface area contributed by atoms with Gasteiger partial charge >= 0.3 is 5.97 Å². The first-order valence-electron chi connectivity index (χ1n) is 9.12. The largest absolute Gasteiger partial charge is 0.462 e. The van der Waals surface area contributed by atoms with Gasteiger partial charge in [0.2, 0.25) is 5.91 Å². The number of piperidine rings is 1. The van der Waals surface area contributed by atoms with Gasteiger partial charge < -0.3 is 9.64 Å². The molecule has 136 valence electrons. The van der Waals surface area contributed by atoms with Gasteiger partial charge in [-0.2, -0.15) is 5.10 Å². The fourth-order valence-corrected chi connectivity index (χ4v) is 3.70. The molecule has 2 fully saturated rings. The summed E-state index contributed by atoms with van der Waals surface area (Å²) in [4.78, 5) is 25.9. The number of carbonyl (C=O) groups excluding carboxylic acids is 2. The van der Waals surface area contributed by atoms with Gasteiger partial charge in [-0.25, -0.2) is 4.79 Å². The van der Waals surface area contributed by atoms with Gasteiger partial charge in [0, 0.05) is 25.2 Å². The van der Waals surface area contributed by atoms with Crippen LogP contribution in [0.1, 0.15) is 40.4 Å². The highest BCUT2D eigenvalue weighted by Gasteiger charge is 2.51. The maximum Gasteiger partial charge on any atom is 0.341 e. The molecule has 1 aliphatic carbocycles. The smallest absolute Gasteiger partial charge is 0.341 e. The van der Waals surface area contributed by atoms with Crippen molar-refractivity contribution in [3.63, 3.8) is 0 Å². The van der Waals surface area contributed by atoms with E-state index in [1.54, 1.807) is 17.8 Å². The first-order valence-corrected chi connectivity index (χ1v) is 9.12. The van der Waals surface area contributed by atoms with Gasteiger partial charge in [-0.05, 0) is 42.9 Å².